The van der Waals surface area contributed by atoms with Crippen LogP contribution in [0.4, 0.5) is 0 Å². The van der Waals surface area contributed by atoms with E-state index in [1.54, 1.807) is 0 Å². The van der Waals surface area contributed by atoms with Crippen molar-refractivity contribution >= 4 is 5.97 Å². The molecule has 0 aromatic carbocycles. The van der Waals surface area contributed by atoms with Gasteiger partial charge in [0.05, 0.1) is 6.61 Å². The Morgan fingerprint density at radius 3 is 2.79 bits per heavy atom. The van der Waals surface area contributed by atoms with Gasteiger partial charge in [0.25, 0.3) is 0 Å². The maximum Gasteiger partial charge on any atom is 0.322 e. The average Bonchev–Trinajstić information content (AvgIpc) is 2.26. The number of rotatable bonds is 4. The topological polar surface area (TPSA) is 61.6 Å². The van der Waals surface area contributed by atoms with Gasteiger partial charge in [0.15, 0.2) is 0 Å². The van der Waals surface area contributed by atoms with E-state index in [4.69, 9.17) is 15.2 Å². The Kier molecular flexibility index (Phi) is 4.90. The Balaban J connectivity index is 2.15. The number of hydrogen-bond donors (Lipinski definition) is 1. The summed E-state index contributed by atoms with van der Waals surface area (Å²) in [5.41, 5.74) is 5.53. The number of carbonyl (C=O) groups is 1. The van der Waals surface area contributed by atoms with Crippen molar-refractivity contribution < 1.29 is 14.3 Å². The zero-order chi connectivity index (χ0) is 10.4. The van der Waals surface area contributed by atoms with Gasteiger partial charge >= 0.3 is 5.97 Å². The molecule has 1 aliphatic heterocycles. The molecule has 82 valence electrons. The monoisotopic (exact) mass is 201 g/mol. The summed E-state index contributed by atoms with van der Waals surface area (Å²) in [7, 11) is 0. The minimum absolute atomic E-state index is 0.279. The molecule has 0 spiro atoms. The first kappa shape index (κ1) is 11.5. The van der Waals surface area contributed by atoms with Gasteiger partial charge < -0.3 is 15.2 Å². The summed E-state index contributed by atoms with van der Waals surface area (Å²) in [6, 6.07) is -0.463. The van der Waals surface area contributed by atoms with E-state index >= 15 is 0 Å². The predicted octanol–water partition coefficient (Wildman–Crippen LogP) is 0.693. The quantitative estimate of drug-likeness (QED) is 0.680. The van der Waals surface area contributed by atoms with Gasteiger partial charge in [-0.1, -0.05) is 6.92 Å². The molecular formula is C10H19NO3. The lowest BCUT2D eigenvalue weighted by Crippen LogP contribution is -2.33. The van der Waals surface area contributed by atoms with Crippen LogP contribution in [0.1, 0.15) is 26.2 Å². The van der Waals surface area contributed by atoms with E-state index in [1.807, 2.05) is 6.92 Å². The molecule has 1 rings (SSSR count). The fraction of sp³-hybridized carbons (Fsp3) is 0.900. The van der Waals surface area contributed by atoms with Crippen molar-refractivity contribution in [2.45, 2.75) is 32.2 Å². The van der Waals surface area contributed by atoms with Gasteiger partial charge in [-0.25, -0.2) is 0 Å². The second-order valence-electron chi connectivity index (χ2n) is 3.70. The largest absolute Gasteiger partial charge is 0.464 e. The Labute approximate surface area is 84.7 Å². The molecule has 1 saturated heterocycles. The molecule has 0 radical (unpaired) electrons. The van der Waals surface area contributed by atoms with Crippen LogP contribution in [-0.2, 0) is 14.3 Å². The molecule has 1 aliphatic rings. The molecule has 0 aromatic heterocycles. The van der Waals surface area contributed by atoms with Gasteiger partial charge in [-0.3, -0.25) is 4.79 Å². The molecule has 4 heteroatoms. The first-order valence-corrected chi connectivity index (χ1v) is 5.24. The number of nitrogens with two attached hydrogens (primary N) is 1. The lowest BCUT2D eigenvalue weighted by Gasteiger charge is -2.22. The fourth-order valence-corrected chi connectivity index (χ4v) is 1.39. The average molecular weight is 201 g/mol. The lowest BCUT2D eigenvalue weighted by atomic mass is 10.0. The molecule has 0 saturated carbocycles. The standard InChI is InChI=1S/C10H19NO3/c1-2-9(11)10(12)14-7-8-3-5-13-6-4-8/h8-9H,2-7,11H2,1H3/t9-/m0/s1. The molecule has 1 atom stereocenters. The third-order valence-corrected chi connectivity index (χ3v) is 2.54. The normalized spacial score (nSPS) is 20.4. The van der Waals surface area contributed by atoms with Gasteiger partial charge in [0.2, 0.25) is 0 Å². The molecule has 0 aliphatic carbocycles. The SMILES string of the molecule is CC[C@H](N)C(=O)OCC1CCOCC1. The van der Waals surface area contributed by atoms with Gasteiger partial charge in [-0.05, 0) is 25.2 Å². The van der Waals surface area contributed by atoms with E-state index in [0.29, 0.717) is 18.9 Å². The van der Waals surface area contributed by atoms with Crippen molar-refractivity contribution in [1.82, 2.24) is 0 Å². The van der Waals surface area contributed by atoms with Gasteiger partial charge in [0.1, 0.15) is 6.04 Å². The van der Waals surface area contributed by atoms with Crippen molar-refractivity contribution in [1.29, 1.82) is 0 Å². The zero-order valence-corrected chi connectivity index (χ0v) is 8.70. The molecule has 2 N–H and O–H groups in total. The third-order valence-electron chi connectivity index (χ3n) is 2.54. The van der Waals surface area contributed by atoms with E-state index in [-0.39, 0.29) is 5.97 Å². The first-order chi connectivity index (χ1) is 6.74. The van der Waals surface area contributed by atoms with Crippen LogP contribution < -0.4 is 5.73 Å². The Morgan fingerprint density at radius 1 is 1.57 bits per heavy atom. The minimum Gasteiger partial charge on any atom is -0.464 e. The fourth-order valence-electron chi connectivity index (χ4n) is 1.39. The Morgan fingerprint density at radius 2 is 2.21 bits per heavy atom. The highest BCUT2D eigenvalue weighted by atomic mass is 16.5. The van der Waals surface area contributed by atoms with Crippen LogP contribution in [0.3, 0.4) is 0 Å². The molecule has 14 heavy (non-hydrogen) atoms. The highest BCUT2D eigenvalue weighted by Gasteiger charge is 2.18. The van der Waals surface area contributed by atoms with Crippen LogP contribution >= 0.6 is 0 Å². The highest BCUT2D eigenvalue weighted by Crippen LogP contribution is 2.14. The van der Waals surface area contributed by atoms with Gasteiger partial charge in [0, 0.05) is 13.2 Å². The summed E-state index contributed by atoms with van der Waals surface area (Å²) in [5, 5.41) is 0. The Hall–Kier alpha value is -0.610. The zero-order valence-electron chi connectivity index (χ0n) is 8.70. The van der Waals surface area contributed by atoms with Crippen LogP contribution in [0.5, 0.6) is 0 Å². The summed E-state index contributed by atoms with van der Waals surface area (Å²) in [4.78, 5) is 11.2. The number of esters is 1. The summed E-state index contributed by atoms with van der Waals surface area (Å²) >= 11 is 0. The van der Waals surface area contributed by atoms with Crippen LogP contribution in [0.2, 0.25) is 0 Å². The van der Waals surface area contributed by atoms with Gasteiger partial charge in [-0.15, -0.1) is 0 Å². The van der Waals surface area contributed by atoms with Crippen LogP contribution in [-0.4, -0.2) is 31.8 Å². The molecule has 0 bridgehead atoms. The summed E-state index contributed by atoms with van der Waals surface area (Å²) in [6.07, 6.45) is 2.59. The van der Waals surface area contributed by atoms with Crippen molar-refractivity contribution in [3.8, 4) is 0 Å². The molecule has 1 heterocycles. The minimum atomic E-state index is -0.463. The van der Waals surface area contributed by atoms with Crippen LogP contribution in [0.25, 0.3) is 0 Å². The number of ether oxygens (including phenoxy) is 2. The molecule has 0 unspecified atom stereocenters. The predicted molar refractivity (Wildman–Crippen MR) is 52.8 cm³/mol. The maximum atomic E-state index is 11.2. The van der Waals surface area contributed by atoms with Crippen molar-refractivity contribution in [2.24, 2.45) is 11.7 Å². The van der Waals surface area contributed by atoms with Crippen molar-refractivity contribution in [2.75, 3.05) is 19.8 Å². The molecule has 4 nitrogen and oxygen atoms in total. The van der Waals surface area contributed by atoms with Crippen molar-refractivity contribution in [3.63, 3.8) is 0 Å². The van der Waals surface area contributed by atoms with E-state index in [2.05, 4.69) is 0 Å². The third kappa shape index (κ3) is 3.64. The molecule has 0 amide bonds. The van der Waals surface area contributed by atoms with Crippen molar-refractivity contribution in [3.05, 3.63) is 0 Å². The molecule has 1 fully saturated rings. The first-order valence-electron chi connectivity index (χ1n) is 5.24. The van der Waals surface area contributed by atoms with Crippen LogP contribution in [0.15, 0.2) is 0 Å². The number of carbonyl (C=O) groups excluding carboxylic acids is 1. The Bertz CT molecular complexity index is 178. The number of hydrogen-bond acceptors (Lipinski definition) is 4. The maximum absolute atomic E-state index is 11.2. The smallest absolute Gasteiger partial charge is 0.322 e. The summed E-state index contributed by atoms with van der Waals surface area (Å²) < 4.78 is 10.3. The van der Waals surface area contributed by atoms with Crippen LogP contribution in [0, 0.1) is 5.92 Å². The van der Waals surface area contributed by atoms with Gasteiger partial charge in [-0.2, -0.15) is 0 Å². The van der Waals surface area contributed by atoms with E-state index in [1.165, 1.54) is 0 Å². The summed E-state index contributed by atoms with van der Waals surface area (Å²) in [6.45, 7) is 3.93. The molecule has 0 aromatic rings. The van der Waals surface area contributed by atoms with E-state index < -0.39 is 6.04 Å². The molecular weight excluding hydrogens is 182 g/mol. The summed E-state index contributed by atoms with van der Waals surface area (Å²) in [5.74, 6) is 0.177. The highest BCUT2D eigenvalue weighted by molar-refractivity contribution is 5.75. The second-order valence-corrected chi connectivity index (χ2v) is 3.70. The van der Waals surface area contributed by atoms with E-state index in [0.717, 1.165) is 26.1 Å². The second kappa shape index (κ2) is 5.98. The lowest BCUT2D eigenvalue weighted by molar-refractivity contribution is -0.147. The van der Waals surface area contributed by atoms with E-state index in [9.17, 15) is 4.79 Å².